The molecule has 2 fully saturated rings. The van der Waals surface area contributed by atoms with Gasteiger partial charge in [0.1, 0.15) is 17.0 Å². The van der Waals surface area contributed by atoms with E-state index in [0.717, 1.165) is 65.5 Å². The van der Waals surface area contributed by atoms with Gasteiger partial charge in [0, 0.05) is 36.3 Å². The number of nitrogens with one attached hydrogen (secondary N) is 2. The van der Waals surface area contributed by atoms with Gasteiger partial charge in [-0.15, -0.1) is 11.3 Å². The summed E-state index contributed by atoms with van der Waals surface area (Å²) in [6.45, 7) is 6.76. The predicted octanol–water partition coefficient (Wildman–Crippen LogP) is 2.16. The van der Waals surface area contributed by atoms with Crippen LogP contribution in [0.4, 0.5) is 5.82 Å². The second-order valence-corrected chi connectivity index (χ2v) is 9.28. The summed E-state index contributed by atoms with van der Waals surface area (Å²) >= 11 is 1.60. The van der Waals surface area contributed by atoms with Crippen molar-refractivity contribution in [1.82, 2.24) is 30.6 Å². The maximum atomic E-state index is 12.8. The molecule has 5 heterocycles. The highest BCUT2D eigenvalue weighted by Gasteiger charge is 2.25. The Balaban J connectivity index is 1.47. The summed E-state index contributed by atoms with van der Waals surface area (Å²) in [6, 6.07) is 2.04. The van der Waals surface area contributed by atoms with Crippen LogP contribution in [0, 0.1) is 5.92 Å². The normalized spacial score (nSPS) is 18.6. The molecule has 32 heavy (non-hydrogen) atoms. The van der Waals surface area contributed by atoms with E-state index in [2.05, 4.69) is 31.6 Å². The summed E-state index contributed by atoms with van der Waals surface area (Å²) in [7, 11) is 0. The molecule has 2 saturated heterocycles. The third-order valence-corrected chi connectivity index (χ3v) is 7.23. The van der Waals surface area contributed by atoms with Crippen molar-refractivity contribution in [3.63, 3.8) is 0 Å². The molecule has 2 aliphatic heterocycles. The van der Waals surface area contributed by atoms with Crippen molar-refractivity contribution in [1.29, 1.82) is 0 Å². The highest BCUT2D eigenvalue weighted by atomic mass is 32.1. The van der Waals surface area contributed by atoms with Crippen LogP contribution >= 0.6 is 11.3 Å². The fourth-order valence-corrected chi connectivity index (χ4v) is 5.21. The van der Waals surface area contributed by atoms with Crippen LogP contribution in [0.2, 0.25) is 0 Å². The third kappa shape index (κ3) is 4.43. The Bertz CT molecular complexity index is 1080. The molecule has 168 valence electrons. The Morgan fingerprint density at radius 1 is 1.22 bits per heavy atom. The summed E-state index contributed by atoms with van der Waals surface area (Å²) in [5.74, 6) is 1.73. The smallest absolute Gasteiger partial charge is 0.223 e. The van der Waals surface area contributed by atoms with E-state index >= 15 is 0 Å². The molecular weight excluding hydrogens is 426 g/mol. The van der Waals surface area contributed by atoms with Crippen LogP contribution in [0.25, 0.3) is 21.6 Å². The molecule has 3 aromatic rings. The highest BCUT2D eigenvalue weighted by Crippen LogP contribution is 2.36. The molecule has 0 spiro atoms. The van der Waals surface area contributed by atoms with Crippen molar-refractivity contribution >= 4 is 33.3 Å². The first-order valence-electron chi connectivity index (χ1n) is 11.1. The van der Waals surface area contributed by atoms with Gasteiger partial charge in [-0.3, -0.25) is 4.79 Å². The molecule has 5 rings (SSSR count). The van der Waals surface area contributed by atoms with Crippen molar-refractivity contribution in [2.45, 2.75) is 25.8 Å². The second kappa shape index (κ2) is 9.43. The fraction of sp³-hybridized carbons (Fsp3) is 0.500. The Morgan fingerprint density at radius 2 is 1.97 bits per heavy atom. The van der Waals surface area contributed by atoms with Crippen LogP contribution in [0.3, 0.4) is 0 Å². The number of hydrogen-bond donors (Lipinski definition) is 2. The molecule has 2 N–H and O–H groups in total. The average Bonchev–Trinajstić information content (AvgIpc) is 3.29. The first kappa shape index (κ1) is 21.2. The molecule has 0 aromatic carbocycles. The number of anilines is 1. The number of rotatable bonds is 5. The van der Waals surface area contributed by atoms with Crippen molar-refractivity contribution in [2.24, 2.45) is 5.92 Å². The molecule has 10 heteroatoms. The number of amides is 1. The summed E-state index contributed by atoms with van der Waals surface area (Å²) in [4.78, 5) is 34.9. The lowest BCUT2D eigenvalue weighted by atomic mass is 9.97. The number of aromatic nitrogens is 4. The van der Waals surface area contributed by atoms with E-state index in [1.165, 1.54) is 6.33 Å². The van der Waals surface area contributed by atoms with Crippen LogP contribution in [0.15, 0.2) is 24.8 Å². The van der Waals surface area contributed by atoms with Crippen LogP contribution in [-0.2, 0) is 9.53 Å². The van der Waals surface area contributed by atoms with Gasteiger partial charge >= 0.3 is 0 Å². The molecule has 9 nitrogen and oxygen atoms in total. The number of morpholine rings is 1. The number of fused-ring (bicyclic) bond motifs is 1. The Labute approximate surface area is 190 Å². The van der Waals surface area contributed by atoms with Gasteiger partial charge in [-0.1, -0.05) is 0 Å². The number of nitrogens with zero attached hydrogens (tertiary/aromatic N) is 5. The van der Waals surface area contributed by atoms with Gasteiger partial charge in [0.25, 0.3) is 0 Å². The lowest BCUT2D eigenvalue weighted by Crippen LogP contribution is -2.38. The second-order valence-electron chi connectivity index (χ2n) is 8.22. The molecular formula is C22H27N7O2S. The summed E-state index contributed by atoms with van der Waals surface area (Å²) in [5, 5.41) is 7.54. The molecule has 1 unspecified atom stereocenters. The van der Waals surface area contributed by atoms with E-state index < -0.39 is 0 Å². The monoisotopic (exact) mass is 453 g/mol. The van der Waals surface area contributed by atoms with Crippen LogP contribution in [0.5, 0.6) is 0 Å². The summed E-state index contributed by atoms with van der Waals surface area (Å²) < 4.78 is 5.54. The van der Waals surface area contributed by atoms with Crippen LogP contribution < -0.4 is 15.5 Å². The van der Waals surface area contributed by atoms with E-state index in [1.54, 1.807) is 23.7 Å². The van der Waals surface area contributed by atoms with Crippen molar-refractivity contribution in [3.05, 3.63) is 29.7 Å². The molecule has 2 aliphatic rings. The first-order chi connectivity index (χ1) is 15.7. The van der Waals surface area contributed by atoms with Gasteiger partial charge in [-0.05, 0) is 38.9 Å². The number of carbonyl (C=O) groups excluding carboxylic acids is 1. The van der Waals surface area contributed by atoms with Gasteiger partial charge < -0.3 is 20.3 Å². The number of ether oxygens (including phenoxy) is 1. The average molecular weight is 454 g/mol. The van der Waals surface area contributed by atoms with E-state index in [1.807, 2.05) is 6.92 Å². The van der Waals surface area contributed by atoms with Crippen LogP contribution in [0.1, 0.15) is 30.7 Å². The zero-order valence-corrected chi connectivity index (χ0v) is 18.9. The number of hydrogen-bond acceptors (Lipinski definition) is 9. The molecule has 0 bridgehead atoms. The summed E-state index contributed by atoms with van der Waals surface area (Å²) in [6.07, 6.45) is 6.74. The number of piperidine rings is 1. The van der Waals surface area contributed by atoms with E-state index in [9.17, 15) is 4.79 Å². The Morgan fingerprint density at radius 3 is 2.72 bits per heavy atom. The lowest BCUT2D eigenvalue weighted by Gasteiger charge is -2.28. The molecule has 0 radical (unpaired) electrons. The Kier molecular flexibility index (Phi) is 6.24. The molecule has 0 saturated carbocycles. The van der Waals surface area contributed by atoms with E-state index in [-0.39, 0.29) is 17.9 Å². The van der Waals surface area contributed by atoms with E-state index in [0.29, 0.717) is 19.0 Å². The number of thiophene rings is 1. The standard InChI is InChI=1S/C22H27N7O2S/c1-14(26-21(30)15-2-4-23-5-3-15)18-10-17-20(29-6-8-31-9-7-29)27-19(28-22(17)32-18)16-11-24-13-25-12-16/h10-15,23H,2-9H2,1H3,(H,26,30). The number of carbonyl (C=O) groups is 1. The van der Waals surface area contributed by atoms with Gasteiger partial charge in [0.2, 0.25) is 5.91 Å². The Hall–Kier alpha value is -2.69. The summed E-state index contributed by atoms with van der Waals surface area (Å²) in [5.41, 5.74) is 0.783. The van der Waals surface area contributed by atoms with Crippen molar-refractivity contribution < 1.29 is 9.53 Å². The maximum absolute atomic E-state index is 12.8. The zero-order valence-electron chi connectivity index (χ0n) is 18.1. The van der Waals surface area contributed by atoms with Crippen molar-refractivity contribution in [2.75, 3.05) is 44.3 Å². The maximum Gasteiger partial charge on any atom is 0.223 e. The molecule has 1 amide bonds. The van der Waals surface area contributed by atoms with E-state index in [4.69, 9.17) is 14.7 Å². The largest absolute Gasteiger partial charge is 0.378 e. The van der Waals surface area contributed by atoms with Crippen molar-refractivity contribution in [3.8, 4) is 11.4 Å². The SMILES string of the molecule is CC(NC(=O)C1CCNCC1)c1cc2c(N3CCOCC3)nc(-c3cncnc3)nc2s1. The van der Waals surface area contributed by atoms with Gasteiger partial charge in [0.15, 0.2) is 5.82 Å². The predicted molar refractivity (Wildman–Crippen MR) is 124 cm³/mol. The van der Waals surface area contributed by atoms with Gasteiger partial charge in [0.05, 0.1) is 30.2 Å². The molecule has 0 aliphatic carbocycles. The highest BCUT2D eigenvalue weighted by molar-refractivity contribution is 7.18. The minimum absolute atomic E-state index is 0.0847. The molecule has 1 atom stereocenters. The quantitative estimate of drug-likeness (QED) is 0.606. The fourth-order valence-electron chi connectivity index (χ4n) is 4.18. The third-order valence-electron chi connectivity index (χ3n) is 6.02. The van der Waals surface area contributed by atoms with Gasteiger partial charge in [-0.25, -0.2) is 19.9 Å². The minimum atomic E-state index is -0.0855. The minimum Gasteiger partial charge on any atom is -0.378 e. The zero-order chi connectivity index (χ0) is 21.9. The first-order valence-corrected chi connectivity index (χ1v) is 11.9. The lowest BCUT2D eigenvalue weighted by molar-refractivity contribution is -0.126. The topological polar surface area (TPSA) is 105 Å². The van der Waals surface area contributed by atoms with Crippen LogP contribution in [-0.4, -0.2) is 65.2 Å². The van der Waals surface area contributed by atoms with Gasteiger partial charge in [-0.2, -0.15) is 0 Å². The molecule has 3 aromatic heterocycles.